The molecule has 1 saturated heterocycles. The highest BCUT2D eigenvalue weighted by molar-refractivity contribution is 5.85. The van der Waals surface area contributed by atoms with Crippen LogP contribution in [-0.2, 0) is 0 Å². The van der Waals surface area contributed by atoms with Crippen LogP contribution >= 0.6 is 12.4 Å². The minimum Gasteiger partial charge on any atom is -0.492 e. The highest BCUT2D eigenvalue weighted by atomic mass is 35.5. The standard InChI is InChI=1S/C18H21FN2O.ClH/c19-15-7-4-8-16(11-15)22-10-9-21-12-17(18(20)13-21)14-5-2-1-3-6-14;/h1-8,11,17-18H,9-10,12-13,20H2;1H/t17-,18+;/m0./s1. The fourth-order valence-electron chi connectivity index (χ4n) is 3.00. The molecule has 1 fully saturated rings. The summed E-state index contributed by atoms with van der Waals surface area (Å²) in [7, 11) is 0. The minimum absolute atomic E-state index is 0. The van der Waals surface area contributed by atoms with Gasteiger partial charge in [-0.25, -0.2) is 4.39 Å². The van der Waals surface area contributed by atoms with E-state index in [1.54, 1.807) is 12.1 Å². The zero-order chi connectivity index (χ0) is 15.4. The Hall–Kier alpha value is -1.62. The molecule has 0 unspecified atom stereocenters. The molecule has 1 heterocycles. The van der Waals surface area contributed by atoms with Crippen LogP contribution in [0.2, 0.25) is 0 Å². The molecule has 1 aliphatic heterocycles. The van der Waals surface area contributed by atoms with E-state index in [1.165, 1.54) is 17.7 Å². The fourth-order valence-corrected chi connectivity index (χ4v) is 3.00. The fraction of sp³-hybridized carbons (Fsp3) is 0.333. The predicted molar refractivity (Wildman–Crippen MR) is 92.7 cm³/mol. The topological polar surface area (TPSA) is 38.5 Å². The molecule has 0 aromatic heterocycles. The van der Waals surface area contributed by atoms with Gasteiger partial charge in [0.05, 0.1) is 0 Å². The number of halogens is 2. The maximum atomic E-state index is 13.1. The van der Waals surface area contributed by atoms with Crippen LogP contribution in [0.25, 0.3) is 0 Å². The van der Waals surface area contributed by atoms with Crippen LogP contribution in [0.3, 0.4) is 0 Å². The van der Waals surface area contributed by atoms with Gasteiger partial charge in [-0.3, -0.25) is 4.90 Å². The third-order valence-corrected chi connectivity index (χ3v) is 4.14. The first-order valence-electron chi connectivity index (χ1n) is 7.63. The van der Waals surface area contributed by atoms with E-state index in [2.05, 4.69) is 29.2 Å². The van der Waals surface area contributed by atoms with Gasteiger partial charge in [0.15, 0.2) is 0 Å². The van der Waals surface area contributed by atoms with Gasteiger partial charge in [-0.15, -0.1) is 12.4 Å². The molecule has 2 aromatic carbocycles. The van der Waals surface area contributed by atoms with Crippen molar-refractivity contribution in [3.8, 4) is 5.75 Å². The molecule has 124 valence electrons. The molecule has 2 atom stereocenters. The van der Waals surface area contributed by atoms with Gasteiger partial charge in [0.1, 0.15) is 18.2 Å². The summed E-state index contributed by atoms with van der Waals surface area (Å²) in [6, 6.07) is 16.8. The molecular formula is C18H22ClFN2O. The molecule has 2 N–H and O–H groups in total. The second kappa shape index (κ2) is 8.29. The third kappa shape index (κ3) is 4.67. The molecule has 0 saturated carbocycles. The van der Waals surface area contributed by atoms with Gasteiger partial charge < -0.3 is 10.5 Å². The summed E-state index contributed by atoms with van der Waals surface area (Å²) in [5, 5.41) is 0. The van der Waals surface area contributed by atoms with Crippen molar-refractivity contribution >= 4 is 12.4 Å². The summed E-state index contributed by atoms with van der Waals surface area (Å²) < 4.78 is 18.7. The van der Waals surface area contributed by atoms with E-state index in [0.717, 1.165) is 19.6 Å². The SMILES string of the molecule is Cl.N[C@@H]1CN(CCOc2cccc(F)c2)C[C@H]1c1ccccc1. The Morgan fingerprint density at radius 1 is 1.09 bits per heavy atom. The third-order valence-electron chi connectivity index (χ3n) is 4.14. The predicted octanol–water partition coefficient (Wildman–Crippen LogP) is 3.05. The van der Waals surface area contributed by atoms with E-state index < -0.39 is 0 Å². The second-order valence-corrected chi connectivity index (χ2v) is 5.75. The molecular weight excluding hydrogens is 315 g/mol. The zero-order valence-corrected chi connectivity index (χ0v) is 13.7. The average Bonchev–Trinajstić information content (AvgIpc) is 2.89. The summed E-state index contributed by atoms with van der Waals surface area (Å²) in [5.74, 6) is 0.670. The number of hydrogen-bond donors (Lipinski definition) is 1. The molecule has 2 aromatic rings. The first-order chi connectivity index (χ1) is 10.7. The van der Waals surface area contributed by atoms with E-state index in [4.69, 9.17) is 10.5 Å². The van der Waals surface area contributed by atoms with Crippen molar-refractivity contribution in [3.05, 3.63) is 66.0 Å². The van der Waals surface area contributed by atoms with Crippen LogP contribution in [0, 0.1) is 5.82 Å². The number of benzene rings is 2. The highest BCUT2D eigenvalue weighted by Crippen LogP contribution is 2.26. The molecule has 0 spiro atoms. The van der Waals surface area contributed by atoms with Crippen LogP contribution in [0.15, 0.2) is 54.6 Å². The molecule has 3 nitrogen and oxygen atoms in total. The smallest absolute Gasteiger partial charge is 0.126 e. The van der Waals surface area contributed by atoms with Gasteiger partial charge in [0.2, 0.25) is 0 Å². The lowest BCUT2D eigenvalue weighted by atomic mass is 9.95. The highest BCUT2D eigenvalue weighted by Gasteiger charge is 2.30. The molecule has 0 amide bonds. The number of nitrogens with two attached hydrogens (primary N) is 1. The molecule has 0 aliphatic carbocycles. The van der Waals surface area contributed by atoms with Crippen molar-refractivity contribution < 1.29 is 9.13 Å². The lowest BCUT2D eigenvalue weighted by Crippen LogP contribution is -2.30. The average molecular weight is 337 g/mol. The second-order valence-electron chi connectivity index (χ2n) is 5.75. The molecule has 0 bridgehead atoms. The van der Waals surface area contributed by atoms with Gasteiger partial charge in [0, 0.05) is 37.7 Å². The summed E-state index contributed by atoms with van der Waals surface area (Å²) in [5.41, 5.74) is 7.57. The zero-order valence-electron chi connectivity index (χ0n) is 12.9. The Morgan fingerprint density at radius 2 is 1.87 bits per heavy atom. The first kappa shape index (κ1) is 17.7. The quantitative estimate of drug-likeness (QED) is 0.912. The van der Waals surface area contributed by atoms with Gasteiger partial charge in [-0.05, 0) is 17.7 Å². The van der Waals surface area contributed by atoms with Crippen LogP contribution in [0.1, 0.15) is 11.5 Å². The minimum atomic E-state index is -0.273. The number of likely N-dealkylation sites (tertiary alicyclic amines) is 1. The Bertz CT molecular complexity index is 611. The van der Waals surface area contributed by atoms with Gasteiger partial charge >= 0.3 is 0 Å². The number of hydrogen-bond acceptors (Lipinski definition) is 3. The van der Waals surface area contributed by atoms with Crippen molar-refractivity contribution in [1.29, 1.82) is 0 Å². The maximum absolute atomic E-state index is 13.1. The van der Waals surface area contributed by atoms with E-state index in [-0.39, 0.29) is 24.3 Å². The van der Waals surface area contributed by atoms with E-state index in [1.807, 2.05) is 6.07 Å². The summed E-state index contributed by atoms with van der Waals surface area (Å²) in [6.45, 7) is 3.15. The monoisotopic (exact) mass is 336 g/mol. The number of rotatable bonds is 5. The Kier molecular flexibility index (Phi) is 6.39. The maximum Gasteiger partial charge on any atom is 0.126 e. The molecule has 23 heavy (non-hydrogen) atoms. The Labute approximate surface area is 142 Å². The summed E-state index contributed by atoms with van der Waals surface area (Å²) >= 11 is 0. The lowest BCUT2D eigenvalue weighted by Gasteiger charge is -2.16. The largest absolute Gasteiger partial charge is 0.492 e. The van der Waals surface area contributed by atoms with Gasteiger partial charge in [0.25, 0.3) is 0 Å². The molecule has 0 radical (unpaired) electrons. The summed E-state index contributed by atoms with van der Waals surface area (Å²) in [6.07, 6.45) is 0. The van der Waals surface area contributed by atoms with Crippen molar-refractivity contribution in [3.63, 3.8) is 0 Å². The van der Waals surface area contributed by atoms with Crippen molar-refractivity contribution in [2.75, 3.05) is 26.2 Å². The molecule has 3 rings (SSSR count). The van der Waals surface area contributed by atoms with E-state index in [0.29, 0.717) is 18.3 Å². The van der Waals surface area contributed by atoms with Gasteiger partial charge in [-0.2, -0.15) is 0 Å². The van der Waals surface area contributed by atoms with Crippen LogP contribution < -0.4 is 10.5 Å². The Morgan fingerprint density at radius 3 is 2.61 bits per heavy atom. The number of ether oxygens (including phenoxy) is 1. The first-order valence-corrected chi connectivity index (χ1v) is 7.63. The lowest BCUT2D eigenvalue weighted by molar-refractivity contribution is 0.234. The normalized spacial score (nSPS) is 21.0. The van der Waals surface area contributed by atoms with Crippen LogP contribution in [0.4, 0.5) is 4.39 Å². The van der Waals surface area contributed by atoms with Crippen LogP contribution in [-0.4, -0.2) is 37.2 Å². The number of nitrogens with zero attached hydrogens (tertiary/aromatic N) is 1. The summed E-state index contributed by atoms with van der Waals surface area (Å²) in [4.78, 5) is 2.31. The van der Waals surface area contributed by atoms with E-state index >= 15 is 0 Å². The van der Waals surface area contributed by atoms with Crippen LogP contribution in [0.5, 0.6) is 5.75 Å². The van der Waals surface area contributed by atoms with Crippen molar-refractivity contribution in [2.24, 2.45) is 5.73 Å². The van der Waals surface area contributed by atoms with Crippen molar-refractivity contribution in [2.45, 2.75) is 12.0 Å². The molecule has 1 aliphatic rings. The van der Waals surface area contributed by atoms with E-state index in [9.17, 15) is 4.39 Å². The van der Waals surface area contributed by atoms with Crippen molar-refractivity contribution in [1.82, 2.24) is 4.90 Å². The van der Waals surface area contributed by atoms with Gasteiger partial charge in [-0.1, -0.05) is 36.4 Å². The Balaban J connectivity index is 0.00000192. The molecule has 5 heteroatoms.